The Morgan fingerprint density at radius 3 is 2.47 bits per heavy atom. The van der Waals surface area contributed by atoms with Gasteiger partial charge in [0.1, 0.15) is 11.5 Å². The van der Waals surface area contributed by atoms with Crippen LogP contribution in [-0.2, 0) is 4.74 Å². The van der Waals surface area contributed by atoms with Crippen molar-refractivity contribution in [2.24, 2.45) is 0 Å². The van der Waals surface area contributed by atoms with E-state index in [-0.39, 0.29) is 17.6 Å². The number of amides is 2. The van der Waals surface area contributed by atoms with Crippen molar-refractivity contribution in [2.75, 3.05) is 18.5 Å². The molecule has 0 aliphatic rings. The number of benzene rings is 1. The van der Waals surface area contributed by atoms with Crippen molar-refractivity contribution in [1.82, 2.24) is 5.32 Å². The van der Waals surface area contributed by atoms with Crippen LogP contribution in [0, 0.1) is 0 Å². The number of hydrogen-bond acceptors (Lipinski definition) is 4. The van der Waals surface area contributed by atoms with E-state index in [4.69, 9.17) is 4.74 Å². The zero-order valence-corrected chi connectivity index (χ0v) is 11.1. The van der Waals surface area contributed by atoms with Crippen LogP contribution in [0.1, 0.15) is 20.3 Å². The number of phenolic OH excluding ortho intramolecular Hbond substituents is 2. The van der Waals surface area contributed by atoms with Crippen LogP contribution in [0.25, 0.3) is 0 Å². The minimum absolute atomic E-state index is 0.111. The number of urea groups is 1. The van der Waals surface area contributed by atoms with Crippen molar-refractivity contribution < 1.29 is 19.7 Å². The Hall–Kier alpha value is -1.95. The molecule has 0 heterocycles. The minimum Gasteiger partial charge on any atom is -0.508 e. The summed E-state index contributed by atoms with van der Waals surface area (Å²) in [7, 11) is 0. The van der Waals surface area contributed by atoms with Crippen LogP contribution in [0.5, 0.6) is 11.5 Å². The van der Waals surface area contributed by atoms with Gasteiger partial charge < -0.3 is 25.6 Å². The number of ether oxygens (including phenoxy) is 1. The number of aromatic hydroxyl groups is 2. The first-order valence-electron chi connectivity index (χ1n) is 6.17. The van der Waals surface area contributed by atoms with Crippen molar-refractivity contribution in [1.29, 1.82) is 0 Å². The SMILES string of the molecule is CC(C)OCCCNC(=O)Nc1cc(O)cc(O)c1. The van der Waals surface area contributed by atoms with Crippen LogP contribution in [0.4, 0.5) is 10.5 Å². The molecule has 0 aliphatic carbocycles. The van der Waals surface area contributed by atoms with Crippen molar-refractivity contribution in [3.63, 3.8) is 0 Å². The number of anilines is 1. The third-order valence-electron chi connectivity index (χ3n) is 2.22. The number of phenols is 2. The normalized spacial score (nSPS) is 10.5. The first kappa shape index (κ1) is 15.1. The lowest BCUT2D eigenvalue weighted by Crippen LogP contribution is -2.30. The van der Waals surface area contributed by atoms with Crippen LogP contribution in [-0.4, -0.2) is 35.5 Å². The largest absolute Gasteiger partial charge is 0.508 e. The summed E-state index contributed by atoms with van der Waals surface area (Å²) in [4.78, 5) is 11.5. The topological polar surface area (TPSA) is 90.8 Å². The van der Waals surface area contributed by atoms with E-state index in [1.807, 2.05) is 13.8 Å². The number of carbonyl (C=O) groups is 1. The second-order valence-corrected chi connectivity index (χ2v) is 4.39. The number of carbonyl (C=O) groups excluding carboxylic acids is 1. The minimum atomic E-state index is -0.394. The summed E-state index contributed by atoms with van der Waals surface area (Å²) < 4.78 is 5.34. The average Bonchev–Trinajstić information content (AvgIpc) is 2.26. The summed E-state index contributed by atoms with van der Waals surface area (Å²) in [6.45, 7) is 4.98. The predicted molar refractivity (Wildman–Crippen MR) is 72.5 cm³/mol. The summed E-state index contributed by atoms with van der Waals surface area (Å²) in [5.41, 5.74) is 0.327. The molecule has 0 aliphatic heterocycles. The molecule has 0 spiro atoms. The first-order valence-corrected chi connectivity index (χ1v) is 6.17. The van der Waals surface area contributed by atoms with Gasteiger partial charge in [-0.15, -0.1) is 0 Å². The van der Waals surface area contributed by atoms with Crippen molar-refractivity contribution in [2.45, 2.75) is 26.4 Å². The molecule has 0 unspecified atom stereocenters. The Balaban J connectivity index is 2.27. The molecule has 0 fully saturated rings. The van der Waals surface area contributed by atoms with Crippen LogP contribution in [0.15, 0.2) is 18.2 Å². The Morgan fingerprint density at radius 1 is 1.26 bits per heavy atom. The lowest BCUT2D eigenvalue weighted by atomic mass is 10.3. The Kier molecular flexibility index (Phi) is 5.95. The van der Waals surface area contributed by atoms with E-state index in [1.165, 1.54) is 18.2 Å². The molecule has 0 bridgehead atoms. The lowest BCUT2D eigenvalue weighted by molar-refractivity contribution is 0.0775. The van der Waals surface area contributed by atoms with Gasteiger partial charge in [0.2, 0.25) is 0 Å². The molecular formula is C13H20N2O4. The van der Waals surface area contributed by atoms with Gasteiger partial charge in [0.25, 0.3) is 0 Å². The van der Waals surface area contributed by atoms with Crippen molar-refractivity contribution >= 4 is 11.7 Å². The highest BCUT2D eigenvalue weighted by molar-refractivity contribution is 5.89. The second kappa shape index (κ2) is 7.48. The average molecular weight is 268 g/mol. The van der Waals surface area contributed by atoms with E-state index >= 15 is 0 Å². The Bertz CT molecular complexity index is 401. The molecule has 2 amide bonds. The van der Waals surface area contributed by atoms with Gasteiger partial charge in [-0.25, -0.2) is 4.79 Å². The van der Waals surface area contributed by atoms with Crippen LogP contribution < -0.4 is 10.6 Å². The zero-order valence-electron chi connectivity index (χ0n) is 11.1. The number of nitrogens with one attached hydrogen (secondary N) is 2. The maximum absolute atomic E-state index is 11.5. The van der Waals surface area contributed by atoms with Crippen LogP contribution >= 0.6 is 0 Å². The highest BCUT2D eigenvalue weighted by Gasteiger charge is 2.04. The van der Waals surface area contributed by atoms with Crippen LogP contribution in [0.2, 0.25) is 0 Å². The summed E-state index contributed by atoms with van der Waals surface area (Å²) in [6, 6.07) is 3.49. The quantitative estimate of drug-likeness (QED) is 0.594. The number of hydrogen-bond donors (Lipinski definition) is 4. The standard InChI is InChI=1S/C13H20N2O4/c1-9(2)19-5-3-4-14-13(18)15-10-6-11(16)8-12(17)7-10/h6-9,16-17H,3-5H2,1-2H3,(H2,14,15,18). The van der Waals surface area contributed by atoms with Gasteiger partial charge in [-0.1, -0.05) is 0 Å². The molecular weight excluding hydrogens is 248 g/mol. The van der Waals surface area contributed by atoms with Crippen molar-refractivity contribution in [3.05, 3.63) is 18.2 Å². The van der Waals surface area contributed by atoms with E-state index in [2.05, 4.69) is 10.6 Å². The van der Waals surface area contributed by atoms with E-state index in [0.29, 0.717) is 18.8 Å². The molecule has 0 saturated heterocycles. The fourth-order valence-electron chi connectivity index (χ4n) is 1.44. The van der Waals surface area contributed by atoms with Gasteiger partial charge in [-0.05, 0) is 20.3 Å². The Labute approximate surface area is 112 Å². The highest BCUT2D eigenvalue weighted by Crippen LogP contribution is 2.23. The molecule has 19 heavy (non-hydrogen) atoms. The molecule has 4 N–H and O–H groups in total. The molecule has 0 radical (unpaired) electrons. The maximum Gasteiger partial charge on any atom is 0.319 e. The zero-order chi connectivity index (χ0) is 14.3. The fraction of sp³-hybridized carbons (Fsp3) is 0.462. The predicted octanol–water partition coefficient (Wildman–Crippen LogP) is 2.03. The summed E-state index contributed by atoms with van der Waals surface area (Å²) in [5.74, 6) is -0.221. The van der Waals surface area contributed by atoms with Crippen LogP contribution in [0.3, 0.4) is 0 Å². The van der Waals surface area contributed by atoms with Gasteiger partial charge in [-0.3, -0.25) is 0 Å². The first-order chi connectivity index (χ1) is 8.97. The molecule has 6 nitrogen and oxygen atoms in total. The molecule has 0 aromatic heterocycles. The molecule has 1 aromatic rings. The highest BCUT2D eigenvalue weighted by atomic mass is 16.5. The Morgan fingerprint density at radius 2 is 1.89 bits per heavy atom. The number of rotatable bonds is 6. The fourth-order valence-corrected chi connectivity index (χ4v) is 1.44. The molecule has 0 saturated carbocycles. The van der Waals surface area contributed by atoms with Gasteiger partial charge in [0.05, 0.1) is 6.10 Å². The monoisotopic (exact) mass is 268 g/mol. The second-order valence-electron chi connectivity index (χ2n) is 4.39. The van der Waals surface area contributed by atoms with Gasteiger partial charge >= 0.3 is 6.03 Å². The van der Waals surface area contributed by atoms with Gasteiger partial charge in [-0.2, -0.15) is 0 Å². The molecule has 1 aromatic carbocycles. The van der Waals surface area contributed by atoms with E-state index in [9.17, 15) is 15.0 Å². The van der Waals surface area contributed by atoms with E-state index in [0.717, 1.165) is 6.42 Å². The summed E-state index contributed by atoms with van der Waals surface area (Å²) >= 11 is 0. The third kappa shape index (κ3) is 6.52. The molecule has 106 valence electrons. The lowest BCUT2D eigenvalue weighted by Gasteiger charge is -2.09. The van der Waals surface area contributed by atoms with Gasteiger partial charge in [0, 0.05) is 37.0 Å². The van der Waals surface area contributed by atoms with Gasteiger partial charge in [0.15, 0.2) is 0 Å². The summed E-state index contributed by atoms with van der Waals surface area (Å²) in [5, 5.41) is 23.7. The molecule has 6 heteroatoms. The summed E-state index contributed by atoms with van der Waals surface area (Å²) in [6.07, 6.45) is 0.903. The van der Waals surface area contributed by atoms with Crippen molar-refractivity contribution in [3.8, 4) is 11.5 Å². The van der Waals surface area contributed by atoms with E-state index in [1.54, 1.807) is 0 Å². The smallest absolute Gasteiger partial charge is 0.319 e. The maximum atomic E-state index is 11.5. The molecule has 0 atom stereocenters. The molecule has 1 rings (SSSR count). The third-order valence-corrected chi connectivity index (χ3v) is 2.22. The van der Waals surface area contributed by atoms with E-state index < -0.39 is 6.03 Å².